The molecular weight excluding hydrogens is 335 g/mol. The molecule has 0 unspecified atom stereocenters. The Kier molecular flexibility index (Phi) is 4.18. The zero-order chi connectivity index (χ0) is 18.4. The Morgan fingerprint density at radius 2 is 1.80 bits per heavy atom. The summed E-state index contributed by atoms with van der Waals surface area (Å²) in [5.74, 6) is 0.647. The second kappa shape index (κ2) is 5.94. The molecule has 1 aliphatic heterocycles. The van der Waals surface area contributed by atoms with Crippen LogP contribution in [0.1, 0.15) is 32.4 Å². The third-order valence-electron chi connectivity index (χ3n) is 4.02. The molecule has 1 aromatic carbocycles. The summed E-state index contributed by atoms with van der Waals surface area (Å²) in [6.07, 6.45) is -4.71. The molecule has 0 amide bonds. The highest BCUT2D eigenvalue weighted by atomic mass is 19.4. The maximum absolute atomic E-state index is 12.3. The molecule has 3 rings (SSSR count). The molecule has 1 aliphatic rings. The largest absolute Gasteiger partial charge is 0.573 e. The van der Waals surface area contributed by atoms with Gasteiger partial charge in [-0.15, -0.1) is 13.2 Å². The summed E-state index contributed by atoms with van der Waals surface area (Å²) in [6.45, 7) is 6.80. The van der Waals surface area contributed by atoms with Gasteiger partial charge in [-0.25, -0.2) is 4.68 Å². The highest BCUT2D eigenvalue weighted by Crippen LogP contribution is 2.31. The van der Waals surface area contributed by atoms with Crippen LogP contribution in [0.3, 0.4) is 0 Å². The van der Waals surface area contributed by atoms with Crippen molar-refractivity contribution in [3.8, 4) is 11.4 Å². The molecule has 0 saturated carbocycles. The lowest BCUT2D eigenvalue weighted by atomic mass is 9.97. The summed E-state index contributed by atoms with van der Waals surface area (Å²) < 4.78 is 42.4. The van der Waals surface area contributed by atoms with Crippen LogP contribution >= 0.6 is 0 Å². The molecule has 25 heavy (non-hydrogen) atoms. The second-order valence-corrected chi connectivity index (χ2v) is 6.89. The van der Waals surface area contributed by atoms with Gasteiger partial charge in [-0.3, -0.25) is 0 Å². The van der Waals surface area contributed by atoms with Crippen molar-refractivity contribution in [3.05, 3.63) is 36.0 Å². The van der Waals surface area contributed by atoms with Crippen molar-refractivity contribution in [3.63, 3.8) is 0 Å². The fourth-order valence-corrected chi connectivity index (χ4v) is 2.88. The number of anilines is 1. The van der Waals surface area contributed by atoms with Crippen LogP contribution in [0.2, 0.25) is 0 Å². The quantitative estimate of drug-likeness (QED) is 0.913. The minimum absolute atomic E-state index is 0.175. The van der Waals surface area contributed by atoms with Crippen molar-refractivity contribution >= 4 is 5.82 Å². The Balaban J connectivity index is 1.87. The van der Waals surface area contributed by atoms with Gasteiger partial charge in [0.25, 0.3) is 0 Å². The van der Waals surface area contributed by atoms with Gasteiger partial charge in [-0.1, -0.05) is 13.8 Å². The molecular formula is C17H20F3N3O2. The summed E-state index contributed by atoms with van der Waals surface area (Å²) in [7, 11) is 0. The van der Waals surface area contributed by atoms with E-state index >= 15 is 0 Å². The third-order valence-corrected chi connectivity index (χ3v) is 4.02. The van der Waals surface area contributed by atoms with Crippen LogP contribution in [-0.4, -0.2) is 39.9 Å². The van der Waals surface area contributed by atoms with Crippen molar-refractivity contribution in [2.24, 2.45) is 0 Å². The number of benzene rings is 1. The number of rotatable bonds is 4. The Hall–Kier alpha value is -2.22. The Bertz CT molecular complexity index is 743. The number of aliphatic hydroxyl groups is 1. The minimum Gasteiger partial charge on any atom is -0.406 e. The van der Waals surface area contributed by atoms with Crippen molar-refractivity contribution < 1.29 is 23.0 Å². The van der Waals surface area contributed by atoms with E-state index in [2.05, 4.69) is 9.84 Å². The lowest BCUT2D eigenvalue weighted by Crippen LogP contribution is -2.60. The summed E-state index contributed by atoms with van der Waals surface area (Å²) in [5, 5.41) is 14.5. The first-order valence-corrected chi connectivity index (χ1v) is 7.97. The molecule has 0 atom stereocenters. The molecule has 8 heteroatoms. The predicted octanol–water partition coefficient (Wildman–Crippen LogP) is 3.47. The zero-order valence-corrected chi connectivity index (χ0v) is 14.2. The number of ether oxygens (including phenoxy) is 1. The molecule has 0 bridgehead atoms. The normalized spacial score (nSPS) is 16.9. The first kappa shape index (κ1) is 17.6. The summed E-state index contributed by atoms with van der Waals surface area (Å²) in [4.78, 5) is 1.96. The van der Waals surface area contributed by atoms with Gasteiger partial charge in [0.1, 0.15) is 5.75 Å². The zero-order valence-electron chi connectivity index (χ0n) is 14.2. The van der Waals surface area contributed by atoms with Crippen molar-refractivity contribution in [2.45, 2.75) is 38.7 Å². The Labute approximate surface area is 143 Å². The first-order valence-electron chi connectivity index (χ1n) is 7.97. The molecule has 1 fully saturated rings. The van der Waals surface area contributed by atoms with Gasteiger partial charge in [0, 0.05) is 24.8 Å². The van der Waals surface area contributed by atoms with Gasteiger partial charge in [-0.2, -0.15) is 5.10 Å². The molecule has 1 N–H and O–H groups in total. The molecule has 0 radical (unpaired) electrons. The van der Waals surface area contributed by atoms with E-state index in [1.807, 2.05) is 24.8 Å². The monoisotopic (exact) mass is 355 g/mol. The Morgan fingerprint density at radius 1 is 1.20 bits per heavy atom. The maximum atomic E-state index is 12.3. The molecule has 2 aromatic rings. The predicted molar refractivity (Wildman–Crippen MR) is 87.2 cm³/mol. The molecule has 2 heterocycles. The lowest BCUT2D eigenvalue weighted by Gasteiger charge is -2.44. The van der Waals surface area contributed by atoms with Gasteiger partial charge >= 0.3 is 6.36 Å². The summed E-state index contributed by atoms with van der Waals surface area (Å²) in [5.41, 5.74) is 0.876. The van der Waals surface area contributed by atoms with Crippen molar-refractivity contribution in [1.82, 2.24) is 9.78 Å². The van der Waals surface area contributed by atoms with E-state index in [1.54, 1.807) is 11.6 Å². The number of β-amino-alcohol motifs (C(OH)–C–C–N with tert-alkyl or cyclic N) is 1. The van der Waals surface area contributed by atoms with Crippen LogP contribution in [-0.2, 0) is 0 Å². The minimum atomic E-state index is -4.71. The number of hydrogen-bond acceptors (Lipinski definition) is 4. The fraction of sp³-hybridized carbons (Fsp3) is 0.471. The molecule has 1 saturated heterocycles. The standard InChI is InChI=1S/C17H20F3N3O2/c1-11(2)14-8-15(22-9-16(3,24)10-22)21-23(14)12-4-6-13(7-5-12)25-17(18,19)20/h4-8,11,24H,9-10H2,1-3H3. The van der Waals surface area contributed by atoms with E-state index in [-0.39, 0.29) is 11.7 Å². The number of aromatic nitrogens is 2. The van der Waals surface area contributed by atoms with Gasteiger partial charge in [0.15, 0.2) is 5.82 Å². The van der Waals surface area contributed by atoms with E-state index < -0.39 is 12.0 Å². The van der Waals surface area contributed by atoms with Crippen LogP contribution in [0.4, 0.5) is 19.0 Å². The van der Waals surface area contributed by atoms with Crippen LogP contribution in [0.15, 0.2) is 30.3 Å². The highest BCUT2D eigenvalue weighted by Gasteiger charge is 2.38. The maximum Gasteiger partial charge on any atom is 0.573 e. The average molecular weight is 355 g/mol. The van der Waals surface area contributed by atoms with Gasteiger partial charge in [-0.05, 0) is 37.1 Å². The van der Waals surface area contributed by atoms with E-state index in [1.165, 1.54) is 24.3 Å². The lowest BCUT2D eigenvalue weighted by molar-refractivity contribution is -0.274. The van der Waals surface area contributed by atoms with Gasteiger partial charge in [0.2, 0.25) is 0 Å². The molecule has 5 nitrogen and oxygen atoms in total. The van der Waals surface area contributed by atoms with E-state index in [0.29, 0.717) is 18.8 Å². The van der Waals surface area contributed by atoms with E-state index in [4.69, 9.17) is 0 Å². The fourth-order valence-electron chi connectivity index (χ4n) is 2.88. The summed E-state index contributed by atoms with van der Waals surface area (Å²) in [6, 6.07) is 7.55. The SMILES string of the molecule is CC(C)c1cc(N2CC(C)(O)C2)nn1-c1ccc(OC(F)(F)F)cc1. The number of halogens is 3. The average Bonchev–Trinajstić information content (AvgIpc) is 2.89. The van der Waals surface area contributed by atoms with Crippen LogP contribution in [0, 0.1) is 0 Å². The number of nitrogens with zero attached hydrogens (tertiary/aromatic N) is 3. The molecule has 136 valence electrons. The van der Waals surface area contributed by atoms with E-state index in [9.17, 15) is 18.3 Å². The molecule has 0 aliphatic carbocycles. The number of hydrogen-bond donors (Lipinski definition) is 1. The third kappa shape index (κ3) is 3.89. The van der Waals surface area contributed by atoms with Crippen LogP contribution in [0.25, 0.3) is 5.69 Å². The van der Waals surface area contributed by atoms with Crippen LogP contribution in [0.5, 0.6) is 5.75 Å². The Morgan fingerprint density at radius 3 is 2.28 bits per heavy atom. The summed E-state index contributed by atoms with van der Waals surface area (Å²) >= 11 is 0. The van der Waals surface area contributed by atoms with Gasteiger partial charge in [0.05, 0.1) is 11.3 Å². The molecule has 0 spiro atoms. The van der Waals surface area contributed by atoms with Crippen LogP contribution < -0.4 is 9.64 Å². The van der Waals surface area contributed by atoms with E-state index in [0.717, 1.165) is 11.5 Å². The second-order valence-electron chi connectivity index (χ2n) is 6.89. The van der Waals surface area contributed by atoms with Gasteiger partial charge < -0.3 is 14.7 Å². The number of alkyl halides is 3. The first-order chi connectivity index (χ1) is 11.5. The van der Waals surface area contributed by atoms with Crippen molar-refractivity contribution in [1.29, 1.82) is 0 Å². The van der Waals surface area contributed by atoms with Crippen molar-refractivity contribution in [2.75, 3.05) is 18.0 Å². The topological polar surface area (TPSA) is 50.5 Å². The smallest absolute Gasteiger partial charge is 0.406 e. The molecule has 1 aromatic heterocycles. The highest BCUT2D eigenvalue weighted by molar-refractivity contribution is 5.48.